The van der Waals surface area contributed by atoms with Crippen molar-refractivity contribution < 1.29 is 19.2 Å². The highest BCUT2D eigenvalue weighted by Gasteiger charge is 2.29. The minimum atomic E-state index is -0.0626. The second-order valence-corrected chi connectivity index (χ2v) is 8.75. The first-order valence-electron chi connectivity index (χ1n) is 11.2. The Kier molecular flexibility index (Phi) is 6.56. The molecule has 6 nitrogen and oxygen atoms in total. The van der Waals surface area contributed by atoms with Crippen LogP contribution in [0.5, 0.6) is 5.75 Å². The zero-order valence-electron chi connectivity index (χ0n) is 18.5. The van der Waals surface area contributed by atoms with E-state index in [0.29, 0.717) is 24.0 Å². The minimum absolute atomic E-state index is 0.00499. The van der Waals surface area contributed by atoms with Crippen molar-refractivity contribution in [2.24, 2.45) is 0 Å². The van der Waals surface area contributed by atoms with Crippen LogP contribution in [0, 0.1) is 0 Å². The van der Waals surface area contributed by atoms with E-state index in [1.54, 1.807) is 4.90 Å². The molecule has 2 amide bonds. The van der Waals surface area contributed by atoms with Gasteiger partial charge in [-0.25, -0.2) is 0 Å². The zero-order valence-corrected chi connectivity index (χ0v) is 18.5. The molecule has 0 bridgehead atoms. The second kappa shape index (κ2) is 9.52. The van der Waals surface area contributed by atoms with Crippen molar-refractivity contribution >= 4 is 17.5 Å². The van der Waals surface area contributed by atoms with Crippen LogP contribution in [0.25, 0.3) is 0 Å². The molecule has 1 fully saturated rings. The third-order valence-corrected chi connectivity index (χ3v) is 6.25. The third-order valence-electron chi connectivity index (χ3n) is 6.25. The van der Waals surface area contributed by atoms with Crippen LogP contribution < -0.4 is 14.5 Å². The largest absolute Gasteiger partial charge is 0.491 e. The molecule has 0 saturated carbocycles. The Bertz CT molecular complexity index is 918. The van der Waals surface area contributed by atoms with E-state index in [1.165, 1.54) is 16.0 Å². The summed E-state index contributed by atoms with van der Waals surface area (Å²) in [4.78, 5) is 30.5. The fourth-order valence-corrected chi connectivity index (χ4v) is 4.29. The predicted octanol–water partition coefficient (Wildman–Crippen LogP) is 1.85. The van der Waals surface area contributed by atoms with E-state index in [9.17, 15) is 9.59 Å². The Morgan fingerprint density at radius 1 is 1.06 bits per heavy atom. The number of carbonyl (C=O) groups excluding carboxylic acids is 2. The summed E-state index contributed by atoms with van der Waals surface area (Å²) < 4.78 is 5.68. The quantitative estimate of drug-likeness (QED) is 0.800. The van der Waals surface area contributed by atoms with E-state index in [2.05, 4.69) is 38.1 Å². The number of anilines is 1. The molecule has 0 aliphatic carbocycles. The van der Waals surface area contributed by atoms with Crippen LogP contribution in [0.15, 0.2) is 48.5 Å². The first-order valence-corrected chi connectivity index (χ1v) is 11.2. The molecule has 2 aromatic carbocycles. The van der Waals surface area contributed by atoms with Gasteiger partial charge in [0.2, 0.25) is 11.8 Å². The van der Waals surface area contributed by atoms with Crippen molar-refractivity contribution in [1.82, 2.24) is 4.90 Å². The van der Waals surface area contributed by atoms with Gasteiger partial charge in [0, 0.05) is 5.56 Å². The highest BCUT2D eigenvalue weighted by atomic mass is 16.5. The van der Waals surface area contributed by atoms with E-state index in [4.69, 9.17) is 4.74 Å². The summed E-state index contributed by atoms with van der Waals surface area (Å²) in [6.07, 6.45) is 0.287. The van der Waals surface area contributed by atoms with Crippen molar-refractivity contribution in [3.05, 3.63) is 59.7 Å². The lowest BCUT2D eigenvalue weighted by molar-refractivity contribution is -0.917. The monoisotopic (exact) mass is 422 g/mol. The lowest BCUT2D eigenvalue weighted by Gasteiger charge is -2.33. The molecule has 0 atom stereocenters. The fourth-order valence-electron chi connectivity index (χ4n) is 4.29. The minimum Gasteiger partial charge on any atom is -0.491 e. The van der Waals surface area contributed by atoms with Gasteiger partial charge in [-0.1, -0.05) is 50.2 Å². The summed E-state index contributed by atoms with van der Waals surface area (Å²) in [5.41, 5.74) is 3.39. The van der Waals surface area contributed by atoms with Crippen LogP contribution in [0.1, 0.15) is 37.3 Å². The maximum atomic E-state index is 13.0. The van der Waals surface area contributed by atoms with Crippen molar-refractivity contribution in [2.75, 3.05) is 44.2 Å². The number of rotatable bonds is 5. The first kappa shape index (κ1) is 21.4. The number of hydrogen-bond donors (Lipinski definition) is 1. The Labute approximate surface area is 184 Å². The Morgan fingerprint density at radius 3 is 2.48 bits per heavy atom. The number of benzene rings is 2. The van der Waals surface area contributed by atoms with Crippen molar-refractivity contribution in [2.45, 2.75) is 32.7 Å². The van der Waals surface area contributed by atoms with Crippen LogP contribution in [0.2, 0.25) is 0 Å². The van der Waals surface area contributed by atoms with E-state index in [1.807, 2.05) is 29.2 Å². The number of carbonyl (C=O) groups is 2. The molecule has 31 heavy (non-hydrogen) atoms. The molecule has 1 saturated heterocycles. The van der Waals surface area contributed by atoms with Crippen LogP contribution in [0.3, 0.4) is 0 Å². The number of nitrogens with zero attached hydrogens (tertiary/aromatic N) is 2. The molecule has 2 aromatic rings. The van der Waals surface area contributed by atoms with Crippen LogP contribution in [-0.2, 0) is 16.1 Å². The Balaban J connectivity index is 1.32. The van der Waals surface area contributed by atoms with E-state index >= 15 is 0 Å². The Morgan fingerprint density at radius 2 is 1.77 bits per heavy atom. The molecule has 0 unspecified atom stereocenters. The van der Waals surface area contributed by atoms with Gasteiger partial charge in [0.25, 0.3) is 0 Å². The molecule has 4 rings (SSSR count). The molecule has 0 radical (unpaired) electrons. The highest BCUT2D eigenvalue weighted by Crippen LogP contribution is 2.30. The summed E-state index contributed by atoms with van der Waals surface area (Å²) in [5.74, 6) is 1.15. The summed E-state index contributed by atoms with van der Waals surface area (Å²) in [6, 6.07) is 16.3. The molecule has 0 spiro atoms. The topological polar surface area (TPSA) is 54.3 Å². The number of ether oxygens (including phenoxy) is 1. The van der Waals surface area contributed by atoms with Gasteiger partial charge in [-0.15, -0.1) is 0 Å². The standard InChI is InChI=1S/C25H31N3O3/c1-19(2)21-9-7-20(8-10-21)17-26-12-14-27(15-13-26)25(30)18-28-22-5-3-4-6-23(22)31-16-11-24(28)29/h3-10,19H,11-18H2,1-2H3/p+1. The first-order chi connectivity index (χ1) is 15.0. The average molecular weight is 423 g/mol. The van der Waals surface area contributed by atoms with E-state index < -0.39 is 0 Å². The maximum Gasteiger partial charge on any atom is 0.243 e. The zero-order chi connectivity index (χ0) is 21.8. The molecule has 2 heterocycles. The van der Waals surface area contributed by atoms with Gasteiger partial charge < -0.3 is 14.5 Å². The Hall–Kier alpha value is -2.86. The fraction of sp³-hybridized carbons (Fsp3) is 0.440. The van der Waals surface area contributed by atoms with Crippen LogP contribution in [-0.4, -0.2) is 56.0 Å². The smallest absolute Gasteiger partial charge is 0.243 e. The molecule has 1 N–H and O–H groups in total. The maximum absolute atomic E-state index is 13.0. The summed E-state index contributed by atoms with van der Waals surface area (Å²) in [7, 11) is 0. The molecule has 0 aromatic heterocycles. The number of nitrogens with one attached hydrogen (secondary N) is 1. The van der Waals surface area contributed by atoms with Crippen LogP contribution >= 0.6 is 0 Å². The average Bonchev–Trinajstić information content (AvgIpc) is 2.93. The van der Waals surface area contributed by atoms with Gasteiger partial charge in [0.15, 0.2) is 0 Å². The molecular formula is C25H32N3O3+. The molecule has 164 valence electrons. The number of quaternary nitrogens is 1. The van der Waals surface area contributed by atoms with Crippen molar-refractivity contribution in [3.8, 4) is 5.75 Å². The summed E-state index contributed by atoms with van der Waals surface area (Å²) >= 11 is 0. The van der Waals surface area contributed by atoms with Crippen molar-refractivity contribution in [1.29, 1.82) is 0 Å². The van der Waals surface area contributed by atoms with Gasteiger partial charge >= 0.3 is 0 Å². The predicted molar refractivity (Wildman–Crippen MR) is 120 cm³/mol. The third kappa shape index (κ3) is 5.07. The number of hydrogen-bond acceptors (Lipinski definition) is 3. The number of fused-ring (bicyclic) bond motifs is 1. The summed E-state index contributed by atoms with van der Waals surface area (Å²) in [5, 5.41) is 0. The SMILES string of the molecule is CC(C)c1ccc(C[NH+]2CCN(C(=O)CN3C(=O)CCOc4ccccc43)CC2)cc1. The van der Waals surface area contributed by atoms with E-state index in [0.717, 1.165) is 32.7 Å². The molecule has 2 aliphatic rings. The van der Waals surface area contributed by atoms with Gasteiger partial charge in [0.1, 0.15) is 18.8 Å². The molecular weight excluding hydrogens is 390 g/mol. The lowest BCUT2D eigenvalue weighted by atomic mass is 10.0. The number of para-hydroxylation sites is 2. The number of piperazine rings is 1. The van der Waals surface area contributed by atoms with Gasteiger partial charge in [-0.3, -0.25) is 14.5 Å². The molecule has 2 aliphatic heterocycles. The molecule has 6 heteroatoms. The van der Waals surface area contributed by atoms with Gasteiger partial charge in [-0.05, 0) is 23.6 Å². The van der Waals surface area contributed by atoms with Gasteiger partial charge in [0.05, 0.1) is 44.9 Å². The van der Waals surface area contributed by atoms with Crippen molar-refractivity contribution in [3.63, 3.8) is 0 Å². The summed E-state index contributed by atoms with van der Waals surface area (Å²) in [6.45, 7) is 9.11. The highest BCUT2D eigenvalue weighted by molar-refractivity contribution is 6.00. The lowest BCUT2D eigenvalue weighted by Crippen LogP contribution is -3.13. The van der Waals surface area contributed by atoms with Crippen LogP contribution in [0.4, 0.5) is 5.69 Å². The number of amides is 2. The second-order valence-electron chi connectivity index (χ2n) is 8.75. The van der Waals surface area contributed by atoms with Gasteiger partial charge in [-0.2, -0.15) is 0 Å². The van der Waals surface area contributed by atoms with E-state index in [-0.39, 0.29) is 24.8 Å². The normalized spacial score (nSPS) is 17.3.